The highest BCUT2D eigenvalue weighted by atomic mass is 16.5. The molecule has 0 spiro atoms. The summed E-state index contributed by atoms with van der Waals surface area (Å²) in [5.41, 5.74) is 2.87. The molecule has 0 aliphatic heterocycles. The summed E-state index contributed by atoms with van der Waals surface area (Å²) in [6.45, 7) is 2.05. The fourth-order valence-electron chi connectivity index (χ4n) is 2.79. The summed E-state index contributed by atoms with van der Waals surface area (Å²) in [5, 5.41) is 17.1. The highest BCUT2D eigenvalue weighted by molar-refractivity contribution is 5.96. The van der Waals surface area contributed by atoms with E-state index in [2.05, 4.69) is 32.9 Å². The van der Waals surface area contributed by atoms with Gasteiger partial charge in [-0.2, -0.15) is 5.21 Å². The van der Waals surface area contributed by atoms with Crippen LogP contribution in [0.15, 0.2) is 48.5 Å². The minimum absolute atomic E-state index is 0.164. The average Bonchev–Trinajstić information content (AvgIpc) is 3.21. The Kier molecular flexibility index (Phi) is 5.58. The molecule has 3 rings (SSSR count). The molecule has 0 aliphatic rings. The molecule has 2 aromatic carbocycles. The number of tetrazole rings is 1. The summed E-state index contributed by atoms with van der Waals surface area (Å²) in [6, 6.07) is 15.4. The van der Waals surface area contributed by atoms with Crippen molar-refractivity contribution >= 4 is 11.6 Å². The van der Waals surface area contributed by atoms with Gasteiger partial charge in [0, 0.05) is 5.69 Å². The van der Waals surface area contributed by atoms with Gasteiger partial charge in [0.25, 0.3) is 0 Å². The van der Waals surface area contributed by atoms with Crippen LogP contribution in [0.2, 0.25) is 0 Å². The van der Waals surface area contributed by atoms with E-state index in [-0.39, 0.29) is 5.91 Å². The average molecular weight is 351 g/mol. The lowest BCUT2D eigenvalue weighted by Crippen LogP contribution is -2.24. The molecule has 1 atom stereocenters. The third-order valence-corrected chi connectivity index (χ3v) is 4.24. The predicted molar refractivity (Wildman–Crippen MR) is 98.1 cm³/mol. The molecule has 7 heteroatoms. The molecule has 134 valence electrons. The van der Waals surface area contributed by atoms with Gasteiger partial charge in [0.2, 0.25) is 5.91 Å². The quantitative estimate of drug-likeness (QED) is 0.683. The Labute approximate surface area is 151 Å². The van der Waals surface area contributed by atoms with Crippen LogP contribution in [0.3, 0.4) is 0 Å². The van der Waals surface area contributed by atoms with Crippen LogP contribution in [0.1, 0.15) is 29.8 Å². The summed E-state index contributed by atoms with van der Waals surface area (Å²) in [6.07, 6.45) is 1.30. The molecule has 1 aromatic heterocycles. The van der Waals surface area contributed by atoms with Crippen molar-refractivity contribution < 1.29 is 9.53 Å². The lowest BCUT2D eigenvalue weighted by atomic mass is 9.97. The number of rotatable bonds is 7. The summed E-state index contributed by atoms with van der Waals surface area (Å²) < 4.78 is 5.18. The van der Waals surface area contributed by atoms with Crippen molar-refractivity contribution in [2.45, 2.75) is 25.7 Å². The van der Waals surface area contributed by atoms with E-state index >= 15 is 0 Å². The summed E-state index contributed by atoms with van der Waals surface area (Å²) in [7, 11) is 1.62. The van der Waals surface area contributed by atoms with E-state index in [1.165, 1.54) is 0 Å². The van der Waals surface area contributed by atoms with Crippen molar-refractivity contribution in [3.8, 4) is 5.75 Å². The number of para-hydroxylation sites is 1. The monoisotopic (exact) mass is 351 g/mol. The third kappa shape index (κ3) is 4.05. The molecule has 0 bridgehead atoms. The Morgan fingerprint density at radius 3 is 2.62 bits per heavy atom. The number of benzene rings is 2. The first-order valence-electron chi connectivity index (χ1n) is 8.46. The normalized spacial score (nSPS) is 11.8. The predicted octanol–water partition coefficient (Wildman–Crippen LogP) is 2.74. The Bertz CT molecular complexity index is 847. The second kappa shape index (κ2) is 8.24. The fourth-order valence-corrected chi connectivity index (χ4v) is 2.79. The van der Waals surface area contributed by atoms with Crippen molar-refractivity contribution in [1.29, 1.82) is 0 Å². The van der Waals surface area contributed by atoms with Gasteiger partial charge in [0.15, 0.2) is 5.82 Å². The van der Waals surface area contributed by atoms with Gasteiger partial charge in [-0.3, -0.25) is 4.79 Å². The van der Waals surface area contributed by atoms with Crippen LogP contribution in [0.4, 0.5) is 5.69 Å². The van der Waals surface area contributed by atoms with E-state index in [0.29, 0.717) is 12.2 Å². The number of anilines is 1. The largest absolute Gasteiger partial charge is 0.497 e. The van der Waals surface area contributed by atoms with E-state index in [4.69, 9.17) is 4.74 Å². The van der Waals surface area contributed by atoms with Crippen LogP contribution in [-0.2, 0) is 17.6 Å². The number of carbonyl (C=O) groups is 1. The summed E-state index contributed by atoms with van der Waals surface area (Å²) >= 11 is 0. The fraction of sp³-hybridized carbons (Fsp3) is 0.263. The highest BCUT2D eigenvalue weighted by Crippen LogP contribution is 2.23. The van der Waals surface area contributed by atoms with Crippen LogP contribution in [0.5, 0.6) is 5.75 Å². The SMILES string of the molecule is CCc1ccccc1NC(=O)C(Cc1ccc(OC)cc1)c1nn[nH]n1. The number of nitrogens with one attached hydrogen (secondary N) is 2. The number of hydrogen-bond donors (Lipinski definition) is 2. The molecular weight excluding hydrogens is 330 g/mol. The number of ether oxygens (including phenoxy) is 1. The number of nitrogens with zero attached hydrogens (tertiary/aromatic N) is 3. The molecule has 0 saturated carbocycles. The van der Waals surface area contributed by atoms with Crippen molar-refractivity contribution in [2.24, 2.45) is 0 Å². The first kappa shape index (κ1) is 17.6. The Morgan fingerprint density at radius 2 is 1.96 bits per heavy atom. The Balaban J connectivity index is 1.82. The molecule has 1 amide bonds. The minimum atomic E-state index is -0.549. The molecule has 0 radical (unpaired) electrons. The number of carbonyl (C=O) groups excluding carboxylic acids is 1. The number of methoxy groups -OCH3 is 1. The van der Waals surface area contributed by atoms with Gasteiger partial charge in [-0.15, -0.1) is 10.2 Å². The zero-order valence-corrected chi connectivity index (χ0v) is 14.8. The standard InChI is InChI=1S/C19H21N5O2/c1-3-14-6-4-5-7-17(14)20-19(25)16(18-21-23-24-22-18)12-13-8-10-15(26-2)11-9-13/h4-11,16H,3,12H2,1-2H3,(H,20,25)(H,21,22,23,24). The smallest absolute Gasteiger partial charge is 0.235 e. The molecular formula is C19H21N5O2. The van der Waals surface area contributed by atoms with Crippen molar-refractivity contribution in [1.82, 2.24) is 20.6 Å². The first-order chi connectivity index (χ1) is 12.7. The number of amides is 1. The zero-order chi connectivity index (χ0) is 18.4. The maximum Gasteiger partial charge on any atom is 0.235 e. The molecule has 1 heterocycles. The number of aryl methyl sites for hydroxylation is 1. The molecule has 26 heavy (non-hydrogen) atoms. The lowest BCUT2D eigenvalue weighted by molar-refractivity contribution is -0.117. The molecule has 2 N–H and O–H groups in total. The van der Waals surface area contributed by atoms with E-state index in [9.17, 15) is 4.79 Å². The van der Waals surface area contributed by atoms with Crippen molar-refractivity contribution in [3.05, 3.63) is 65.5 Å². The highest BCUT2D eigenvalue weighted by Gasteiger charge is 2.26. The van der Waals surface area contributed by atoms with Gasteiger partial charge in [0.05, 0.1) is 7.11 Å². The van der Waals surface area contributed by atoms with E-state index in [1.54, 1.807) is 7.11 Å². The Morgan fingerprint density at radius 1 is 1.19 bits per heavy atom. The van der Waals surface area contributed by atoms with Crippen LogP contribution in [0.25, 0.3) is 0 Å². The number of H-pyrrole nitrogens is 1. The van der Waals surface area contributed by atoms with Crippen molar-refractivity contribution in [3.63, 3.8) is 0 Å². The van der Waals surface area contributed by atoms with E-state index in [1.807, 2.05) is 48.5 Å². The van der Waals surface area contributed by atoms with Crippen LogP contribution in [0, 0.1) is 0 Å². The minimum Gasteiger partial charge on any atom is -0.497 e. The number of aromatic nitrogens is 4. The van der Waals surface area contributed by atoms with Gasteiger partial charge >= 0.3 is 0 Å². The molecule has 1 unspecified atom stereocenters. The molecule has 0 saturated heterocycles. The maximum absolute atomic E-state index is 12.9. The van der Waals surface area contributed by atoms with Gasteiger partial charge in [-0.25, -0.2) is 0 Å². The van der Waals surface area contributed by atoms with E-state index in [0.717, 1.165) is 29.0 Å². The second-order valence-corrected chi connectivity index (χ2v) is 5.87. The van der Waals surface area contributed by atoms with Gasteiger partial charge in [0.1, 0.15) is 11.7 Å². The lowest BCUT2D eigenvalue weighted by Gasteiger charge is -2.16. The van der Waals surface area contributed by atoms with Crippen LogP contribution >= 0.6 is 0 Å². The third-order valence-electron chi connectivity index (χ3n) is 4.24. The molecule has 3 aromatic rings. The van der Waals surface area contributed by atoms with Crippen molar-refractivity contribution in [2.75, 3.05) is 12.4 Å². The first-order valence-corrected chi connectivity index (χ1v) is 8.46. The number of hydrogen-bond acceptors (Lipinski definition) is 5. The zero-order valence-electron chi connectivity index (χ0n) is 14.8. The van der Waals surface area contributed by atoms with Gasteiger partial charge < -0.3 is 10.1 Å². The maximum atomic E-state index is 12.9. The molecule has 7 nitrogen and oxygen atoms in total. The topological polar surface area (TPSA) is 92.8 Å². The van der Waals surface area contributed by atoms with E-state index < -0.39 is 5.92 Å². The summed E-state index contributed by atoms with van der Waals surface area (Å²) in [5.74, 6) is 0.425. The second-order valence-electron chi connectivity index (χ2n) is 5.87. The Hall–Kier alpha value is -3.22. The van der Waals surface area contributed by atoms with Crippen LogP contribution < -0.4 is 10.1 Å². The van der Waals surface area contributed by atoms with Gasteiger partial charge in [-0.1, -0.05) is 42.5 Å². The van der Waals surface area contributed by atoms with Crippen LogP contribution in [-0.4, -0.2) is 33.6 Å². The van der Waals surface area contributed by atoms with Gasteiger partial charge in [-0.05, 0) is 42.2 Å². The number of aromatic amines is 1. The summed E-state index contributed by atoms with van der Waals surface area (Å²) in [4.78, 5) is 12.9. The molecule has 0 fully saturated rings. The molecule has 0 aliphatic carbocycles.